The Labute approximate surface area is 101 Å². The molecule has 0 amide bonds. The first-order valence-corrected chi connectivity index (χ1v) is 5.63. The minimum Gasteiger partial charge on any atom is -0.289 e. The lowest BCUT2D eigenvalue weighted by atomic mass is 10.0. The van der Waals surface area contributed by atoms with Crippen molar-refractivity contribution in [2.24, 2.45) is 0 Å². The van der Waals surface area contributed by atoms with E-state index in [0.717, 1.165) is 22.5 Å². The van der Waals surface area contributed by atoms with E-state index in [9.17, 15) is 4.79 Å². The van der Waals surface area contributed by atoms with E-state index >= 15 is 0 Å². The molecule has 1 aromatic heterocycles. The first-order valence-electron chi connectivity index (χ1n) is 5.63. The SMILES string of the molecule is Cc1ccc(C(=O)c2cc(C)nc(C)c2)cc1. The third-order valence-corrected chi connectivity index (χ3v) is 2.66. The highest BCUT2D eigenvalue weighted by molar-refractivity contribution is 6.09. The number of rotatable bonds is 2. The van der Waals surface area contributed by atoms with Crippen LogP contribution in [0.2, 0.25) is 0 Å². The Hall–Kier alpha value is -1.96. The zero-order chi connectivity index (χ0) is 12.4. The summed E-state index contributed by atoms with van der Waals surface area (Å²) in [6.45, 7) is 5.81. The average Bonchev–Trinajstić information content (AvgIpc) is 2.28. The van der Waals surface area contributed by atoms with Crippen LogP contribution >= 0.6 is 0 Å². The highest BCUT2D eigenvalue weighted by atomic mass is 16.1. The number of benzene rings is 1. The molecule has 2 aromatic rings. The number of aryl methyl sites for hydroxylation is 3. The number of hydrogen-bond acceptors (Lipinski definition) is 2. The Balaban J connectivity index is 2.40. The summed E-state index contributed by atoms with van der Waals surface area (Å²) < 4.78 is 0. The molecule has 0 saturated heterocycles. The molecule has 0 saturated carbocycles. The van der Waals surface area contributed by atoms with Crippen molar-refractivity contribution in [1.82, 2.24) is 4.98 Å². The van der Waals surface area contributed by atoms with Gasteiger partial charge in [0, 0.05) is 22.5 Å². The van der Waals surface area contributed by atoms with E-state index in [1.54, 1.807) is 0 Å². The van der Waals surface area contributed by atoms with Crippen LogP contribution in [0.15, 0.2) is 36.4 Å². The molecule has 0 aliphatic rings. The van der Waals surface area contributed by atoms with E-state index in [2.05, 4.69) is 4.98 Å². The number of nitrogens with zero attached hydrogens (tertiary/aromatic N) is 1. The Morgan fingerprint density at radius 2 is 1.41 bits per heavy atom. The second-order valence-electron chi connectivity index (χ2n) is 4.33. The van der Waals surface area contributed by atoms with Crippen molar-refractivity contribution < 1.29 is 4.79 Å². The summed E-state index contributed by atoms with van der Waals surface area (Å²) in [5, 5.41) is 0. The number of carbonyl (C=O) groups excluding carboxylic acids is 1. The van der Waals surface area contributed by atoms with Gasteiger partial charge in [-0.25, -0.2) is 0 Å². The van der Waals surface area contributed by atoms with Gasteiger partial charge in [-0.2, -0.15) is 0 Å². The van der Waals surface area contributed by atoms with Crippen LogP contribution in [0.25, 0.3) is 0 Å². The Kier molecular flexibility index (Phi) is 3.05. The van der Waals surface area contributed by atoms with E-state index in [1.807, 2.05) is 57.2 Å². The second kappa shape index (κ2) is 4.50. The van der Waals surface area contributed by atoms with Crippen LogP contribution in [-0.2, 0) is 0 Å². The summed E-state index contributed by atoms with van der Waals surface area (Å²) in [6, 6.07) is 11.3. The topological polar surface area (TPSA) is 30.0 Å². The predicted molar refractivity (Wildman–Crippen MR) is 68.3 cm³/mol. The molecule has 0 N–H and O–H groups in total. The molecule has 0 radical (unpaired) electrons. The third kappa shape index (κ3) is 2.59. The first-order chi connectivity index (χ1) is 8.06. The fourth-order valence-electron chi connectivity index (χ4n) is 1.84. The van der Waals surface area contributed by atoms with Crippen molar-refractivity contribution in [3.8, 4) is 0 Å². The average molecular weight is 225 g/mol. The Morgan fingerprint density at radius 1 is 0.882 bits per heavy atom. The van der Waals surface area contributed by atoms with Crippen molar-refractivity contribution in [2.45, 2.75) is 20.8 Å². The molecule has 0 fully saturated rings. The number of hydrogen-bond donors (Lipinski definition) is 0. The smallest absolute Gasteiger partial charge is 0.193 e. The van der Waals surface area contributed by atoms with Crippen molar-refractivity contribution in [1.29, 1.82) is 0 Å². The molecule has 0 unspecified atom stereocenters. The zero-order valence-electron chi connectivity index (χ0n) is 10.3. The van der Waals surface area contributed by atoms with Crippen LogP contribution in [0, 0.1) is 20.8 Å². The number of pyridine rings is 1. The summed E-state index contributed by atoms with van der Waals surface area (Å²) >= 11 is 0. The van der Waals surface area contributed by atoms with Crippen molar-refractivity contribution in [3.05, 3.63) is 64.5 Å². The lowest BCUT2D eigenvalue weighted by Gasteiger charge is -2.04. The maximum Gasteiger partial charge on any atom is 0.193 e. The molecule has 0 atom stereocenters. The van der Waals surface area contributed by atoms with E-state index < -0.39 is 0 Å². The highest BCUT2D eigenvalue weighted by Crippen LogP contribution is 2.12. The molecule has 0 aliphatic carbocycles. The van der Waals surface area contributed by atoms with Gasteiger partial charge in [-0.05, 0) is 32.9 Å². The molecule has 0 spiro atoms. The van der Waals surface area contributed by atoms with Gasteiger partial charge in [-0.3, -0.25) is 9.78 Å². The monoisotopic (exact) mass is 225 g/mol. The maximum atomic E-state index is 12.2. The summed E-state index contributed by atoms with van der Waals surface area (Å²) in [5.41, 5.74) is 4.34. The van der Waals surface area contributed by atoms with Crippen LogP contribution in [0.3, 0.4) is 0 Å². The van der Waals surface area contributed by atoms with Crippen LogP contribution in [0.1, 0.15) is 32.9 Å². The molecule has 0 aliphatic heterocycles. The molecule has 1 aromatic carbocycles. The van der Waals surface area contributed by atoms with E-state index in [-0.39, 0.29) is 5.78 Å². The fourth-order valence-corrected chi connectivity index (χ4v) is 1.84. The maximum absolute atomic E-state index is 12.2. The van der Waals surface area contributed by atoms with E-state index in [1.165, 1.54) is 0 Å². The van der Waals surface area contributed by atoms with Gasteiger partial charge in [0.15, 0.2) is 5.78 Å². The van der Waals surface area contributed by atoms with Gasteiger partial charge >= 0.3 is 0 Å². The molecule has 1 heterocycles. The lowest BCUT2D eigenvalue weighted by molar-refractivity contribution is 0.103. The lowest BCUT2D eigenvalue weighted by Crippen LogP contribution is -2.03. The Morgan fingerprint density at radius 3 is 1.94 bits per heavy atom. The van der Waals surface area contributed by atoms with Crippen LogP contribution in [0.4, 0.5) is 0 Å². The predicted octanol–water partition coefficient (Wildman–Crippen LogP) is 3.24. The van der Waals surface area contributed by atoms with Crippen molar-refractivity contribution in [2.75, 3.05) is 0 Å². The molecule has 17 heavy (non-hydrogen) atoms. The van der Waals surface area contributed by atoms with Gasteiger partial charge in [0.05, 0.1) is 0 Å². The summed E-state index contributed by atoms with van der Waals surface area (Å²) in [5.74, 6) is 0.0543. The summed E-state index contributed by atoms with van der Waals surface area (Å²) in [7, 11) is 0. The van der Waals surface area contributed by atoms with Gasteiger partial charge in [-0.15, -0.1) is 0 Å². The summed E-state index contributed by atoms with van der Waals surface area (Å²) in [6.07, 6.45) is 0. The highest BCUT2D eigenvalue weighted by Gasteiger charge is 2.09. The fraction of sp³-hybridized carbons (Fsp3) is 0.200. The third-order valence-electron chi connectivity index (χ3n) is 2.66. The normalized spacial score (nSPS) is 10.3. The second-order valence-corrected chi connectivity index (χ2v) is 4.33. The molecule has 2 rings (SSSR count). The van der Waals surface area contributed by atoms with Gasteiger partial charge in [0.25, 0.3) is 0 Å². The first kappa shape index (κ1) is 11.5. The van der Waals surface area contributed by atoms with Crippen molar-refractivity contribution in [3.63, 3.8) is 0 Å². The molecular formula is C15H15NO. The van der Waals surface area contributed by atoms with Crippen LogP contribution in [0.5, 0.6) is 0 Å². The van der Waals surface area contributed by atoms with Gasteiger partial charge < -0.3 is 0 Å². The molecule has 86 valence electrons. The number of ketones is 1. The zero-order valence-corrected chi connectivity index (χ0v) is 10.3. The molecule has 2 heteroatoms. The van der Waals surface area contributed by atoms with Crippen LogP contribution in [-0.4, -0.2) is 10.8 Å². The molecular weight excluding hydrogens is 210 g/mol. The molecule has 2 nitrogen and oxygen atoms in total. The standard InChI is InChI=1S/C15H15NO/c1-10-4-6-13(7-5-10)15(17)14-8-11(2)16-12(3)9-14/h4-9H,1-3H3. The van der Waals surface area contributed by atoms with Gasteiger partial charge in [-0.1, -0.05) is 29.8 Å². The minimum atomic E-state index is 0.0543. The van der Waals surface area contributed by atoms with E-state index in [4.69, 9.17) is 0 Å². The van der Waals surface area contributed by atoms with Crippen molar-refractivity contribution >= 4 is 5.78 Å². The van der Waals surface area contributed by atoms with Gasteiger partial charge in [0.1, 0.15) is 0 Å². The van der Waals surface area contributed by atoms with E-state index in [0.29, 0.717) is 5.56 Å². The molecule has 0 bridgehead atoms. The quantitative estimate of drug-likeness (QED) is 0.734. The summed E-state index contributed by atoms with van der Waals surface area (Å²) in [4.78, 5) is 16.5. The minimum absolute atomic E-state index is 0.0543. The van der Waals surface area contributed by atoms with Crippen LogP contribution < -0.4 is 0 Å². The van der Waals surface area contributed by atoms with Gasteiger partial charge in [0.2, 0.25) is 0 Å². The number of carbonyl (C=O) groups is 1. The largest absolute Gasteiger partial charge is 0.289 e. The number of aromatic nitrogens is 1. The Bertz CT molecular complexity index is 535.